The number of hydrogen-bond donors (Lipinski definition) is 1. The van der Waals surface area contributed by atoms with Crippen molar-refractivity contribution in [2.75, 3.05) is 0 Å². The molecule has 29 heavy (non-hydrogen) atoms. The monoisotopic (exact) mass is 400 g/mol. The number of rotatable bonds is 6. The molecule has 2 aromatic carbocycles. The Balaban J connectivity index is 1.55. The fraction of sp³-hybridized carbons (Fsp3) is 0.143. The van der Waals surface area contributed by atoms with Crippen LogP contribution in [-0.4, -0.2) is 5.91 Å². The maximum atomic E-state index is 12.6. The van der Waals surface area contributed by atoms with Crippen LogP contribution in [0.25, 0.3) is 0 Å². The van der Waals surface area contributed by atoms with Gasteiger partial charge in [-0.2, -0.15) is 18.4 Å². The Bertz CT molecular complexity index is 1030. The van der Waals surface area contributed by atoms with Crippen LogP contribution in [0.3, 0.4) is 0 Å². The third kappa shape index (κ3) is 5.17. The van der Waals surface area contributed by atoms with E-state index in [0.717, 1.165) is 12.1 Å². The van der Waals surface area contributed by atoms with Crippen LogP contribution >= 0.6 is 0 Å². The van der Waals surface area contributed by atoms with E-state index in [1.807, 2.05) is 6.07 Å². The Labute approximate surface area is 164 Å². The van der Waals surface area contributed by atoms with Gasteiger partial charge in [-0.05, 0) is 42.0 Å². The summed E-state index contributed by atoms with van der Waals surface area (Å²) in [6.07, 6.45) is -4.40. The number of amides is 1. The van der Waals surface area contributed by atoms with Gasteiger partial charge in [0.05, 0.1) is 11.1 Å². The van der Waals surface area contributed by atoms with Crippen LogP contribution in [0.5, 0.6) is 5.75 Å². The molecule has 1 aromatic heterocycles. The molecule has 0 bridgehead atoms. The summed E-state index contributed by atoms with van der Waals surface area (Å²) in [5.74, 6) is 0.329. The van der Waals surface area contributed by atoms with Crippen LogP contribution in [0.2, 0.25) is 0 Å². The first-order valence-corrected chi connectivity index (χ1v) is 8.52. The highest BCUT2D eigenvalue weighted by atomic mass is 19.4. The summed E-state index contributed by atoms with van der Waals surface area (Å²) >= 11 is 0. The zero-order chi connectivity index (χ0) is 20.9. The van der Waals surface area contributed by atoms with Crippen molar-refractivity contribution in [2.45, 2.75) is 19.3 Å². The summed E-state index contributed by atoms with van der Waals surface area (Å²) in [5, 5.41) is 11.6. The number of nitriles is 1. The van der Waals surface area contributed by atoms with Gasteiger partial charge in [0.2, 0.25) is 0 Å². The van der Waals surface area contributed by atoms with Gasteiger partial charge in [-0.1, -0.05) is 24.3 Å². The lowest BCUT2D eigenvalue weighted by Crippen LogP contribution is -2.22. The van der Waals surface area contributed by atoms with Crippen molar-refractivity contribution in [3.8, 4) is 11.8 Å². The molecule has 0 unspecified atom stereocenters. The molecule has 3 rings (SSSR count). The molecule has 0 radical (unpaired) electrons. The number of halogens is 3. The van der Waals surface area contributed by atoms with Crippen molar-refractivity contribution in [2.24, 2.45) is 0 Å². The van der Waals surface area contributed by atoms with Crippen molar-refractivity contribution in [1.82, 2.24) is 5.32 Å². The van der Waals surface area contributed by atoms with Crippen LogP contribution in [0.15, 0.2) is 65.1 Å². The number of alkyl halides is 3. The average Bonchev–Trinajstić information content (AvgIpc) is 3.19. The fourth-order valence-electron chi connectivity index (χ4n) is 2.49. The number of ether oxygens (including phenoxy) is 1. The number of carbonyl (C=O) groups is 1. The predicted molar refractivity (Wildman–Crippen MR) is 96.8 cm³/mol. The van der Waals surface area contributed by atoms with Crippen molar-refractivity contribution in [3.63, 3.8) is 0 Å². The zero-order valence-corrected chi connectivity index (χ0v) is 15.0. The zero-order valence-electron chi connectivity index (χ0n) is 15.0. The number of nitrogens with one attached hydrogen (secondary N) is 1. The van der Waals surface area contributed by atoms with E-state index in [-0.39, 0.29) is 18.9 Å². The van der Waals surface area contributed by atoms with Crippen molar-refractivity contribution >= 4 is 5.91 Å². The minimum Gasteiger partial charge on any atom is -0.484 e. The summed E-state index contributed by atoms with van der Waals surface area (Å²) in [6.45, 7) is 0.0872. The van der Waals surface area contributed by atoms with Crippen LogP contribution in [0.4, 0.5) is 13.2 Å². The maximum Gasteiger partial charge on any atom is 0.416 e. The van der Waals surface area contributed by atoms with Gasteiger partial charge in [-0.25, -0.2) is 0 Å². The third-order valence-electron chi connectivity index (χ3n) is 4.00. The minimum absolute atomic E-state index is 0.0326. The van der Waals surface area contributed by atoms with Gasteiger partial charge in [-0.3, -0.25) is 4.79 Å². The predicted octanol–water partition coefficient (Wildman–Crippen LogP) is 4.68. The Kier molecular flexibility index (Phi) is 5.88. The Hall–Kier alpha value is -3.73. The topological polar surface area (TPSA) is 75.3 Å². The molecule has 1 amide bonds. The smallest absolute Gasteiger partial charge is 0.416 e. The average molecular weight is 400 g/mol. The molecule has 0 atom stereocenters. The van der Waals surface area contributed by atoms with Gasteiger partial charge < -0.3 is 14.5 Å². The summed E-state index contributed by atoms with van der Waals surface area (Å²) in [6, 6.07) is 16.3. The lowest BCUT2D eigenvalue weighted by atomic mass is 10.1. The van der Waals surface area contributed by atoms with Crippen LogP contribution in [0, 0.1) is 11.3 Å². The van der Waals surface area contributed by atoms with E-state index in [9.17, 15) is 18.0 Å². The Morgan fingerprint density at radius 3 is 2.48 bits per heavy atom. The van der Waals surface area contributed by atoms with Gasteiger partial charge in [0.1, 0.15) is 24.2 Å². The molecular weight excluding hydrogens is 385 g/mol. The maximum absolute atomic E-state index is 12.6. The van der Waals surface area contributed by atoms with Gasteiger partial charge >= 0.3 is 6.18 Å². The summed E-state index contributed by atoms with van der Waals surface area (Å²) in [4.78, 5) is 12.2. The summed E-state index contributed by atoms with van der Waals surface area (Å²) in [5.41, 5.74) is 0.157. The number of para-hydroxylation sites is 1. The van der Waals surface area contributed by atoms with E-state index in [0.29, 0.717) is 22.6 Å². The van der Waals surface area contributed by atoms with Gasteiger partial charge in [0, 0.05) is 6.54 Å². The molecule has 148 valence electrons. The summed E-state index contributed by atoms with van der Waals surface area (Å²) in [7, 11) is 0. The Morgan fingerprint density at radius 1 is 1.07 bits per heavy atom. The lowest BCUT2D eigenvalue weighted by Gasteiger charge is -2.08. The normalized spacial score (nSPS) is 11.0. The number of hydrogen-bond acceptors (Lipinski definition) is 4. The molecular formula is C21H15F3N2O3. The van der Waals surface area contributed by atoms with E-state index in [1.54, 1.807) is 30.3 Å². The molecule has 1 N–H and O–H groups in total. The van der Waals surface area contributed by atoms with Crippen LogP contribution in [0.1, 0.15) is 33.0 Å². The molecule has 5 nitrogen and oxygen atoms in total. The van der Waals surface area contributed by atoms with Crippen LogP contribution < -0.4 is 10.1 Å². The Morgan fingerprint density at radius 2 is 1.79 bits per heavy atom. The first-order chi connectivity index (χ1) is 13.9. The molecule has 0 spiro atoms. The lowest BCUT2D eigenvalue weighted by molar-refractivity contribution is -0.137. The SMILES string of the molecule is N#Cc1ccccc1OCc1ccc(C(=O)NCc2ccc(C(F)(F)F)cc2)o1. The molecule has 1 heterocycles. The molecule has 0 fully saturated rings. The molecule has 0 aliphatic carbocycles. The highest BCUT2D eigenvalue weighted by Crippen LogP contribution is 2.29. The quantitative estimate of drug-likeness (QED) is 0.652. The number of benzene rings is 2. The van der Waals surface area contributed by atoms with E-state index in [1.165, 1.54) is 18.2 Å². The summed E-state index contributed by atoms with van der Waals surface area (Å²) < 4.78 is 48.6. The second kappa shape index (κ2) is 8.52. The molecule has 3 aromatic rings. The molecule has 0 aliphatic heterocycles. The molecule has 0 saturated heterocycles. The highest BCUT2D eigenvalue weighted by molar-refractivity contribution is 5.91. The number of carbonyl (C=O) groups excluding carboxylic acids is 1. The molecule has 0 aliphatic rings. The fourth-order valence-corrected chi connectivity index (χ4v) is 2.49. The van der Waals surface area contributed by atoms with Gasteiger partial charge in [0.15, 0.2) is 5.76 Å². The van der Waals surface area contributed by atoms with E-state index in [2.05, 4.69) is 5.32 Å². The highest BCUT2D eigenvalue weighted by Gasteiger charge is 2.29. The van der Waals surface area contributed by atoms with E-state index < -0.39 is 17.6 Å². The number of nitrogens with zero attached hydrogens (tertiary/aromatic N) is 1. The third-order valence-corrected chi connectivity index (χ3v) is 4.00. The first kappa shape index (κ1) is 20.0. The second-order valence-electron chi connectivity index (χ2n) is 6.04. The number of furan rings is 1. The van der Waals surface area contributed by atoms with Crippen molar-refractivity contribution in [3.05, 3.63) is 88.9 Å². The minimum atomic E-state index is -4.40. The van der Waals surface area contributed by atoms with E-state index >= 15 is 0 Å². The van der Waals surface area contributed by atoms with Gasteiger partial charge in [0.25, 0.3) is 5.91 Å². The molecule has 8 heteroatoms. The second-order valence-corrected chi connectivity index (χ2v) is 6.04. The standard InChI is InChI=1S/C21H15F3N2O3/c22-21(23,24)16-7-5-14(6-8-16)12-26-20(27)19-10-9-17(29-19)13-28-18-4-2-1-3-15(18)11-25/h1-10H,12-13H2,(H,26,27). The van der Waals surface area contributed by atoms with Crippen molar-refractivity contribution < 1.29 is 27.1 Å². The van der Waals surface area contributed by atoms with Crippen molar-refractivity contribution in [1.29, 1.82) is 5.26 Å². The van der Waals surface area contributed by atoms with Crippen LogP contribution in [-0.2, 0) is 19.3 Å². The molecule has 0 saturated carbocycles. The van der Waals surface area contributed by atoms with Gasteiger partial charge in [-0.15, -0.1) is 0 Å². The first-order valence-electron chi connectivity index (χ1n) is 8.52. The van der Waals surface area contributed by atoms with E-state index in [4.69, 9.17) is 14.4 Å². The largest absolute Gasteiger partial charge is 0.484 e.